The lowest BCUT2D eigenvalue weighted by molar-refractivity contribution is -0.108. The maximum atomic E-state index is 11.0. The van der Waals surface area contributed by atoms with Gasteiger partial charge in [0.25, 0.3) is 0 Å². The Hall–Kier alpha value is -1.75. The zero-order valence-corrected chi connectivity index (χ0v) is 11.2. The fourth-order valence-corrected chi connectivity index (χ4v) is 2.06. The van der Waals surface area contributed by atoms with Gasteiger partial charge < -0.3 is 10.5 Å². The van der Waals surface area contributed by atoms with E-state index in [0.717, 1.165) is 11.8 Å². The normalized spacial score (nSPS) is 12.1. The van der Waals surface area contributed by atoms with Crippen molar-refractivity contribution in [2.24, 2.45) is 0 Å². The van der Waals surface area contributed by atoms with Crippen LogP contribution in [0.3, 0.4) is 0 Å². The Morgan fingerprint density at radius 3 is 2.67 bits per heavy atom. The predicted octanol–water partition coefficient (Wildman–Crippen LogP) is 2.40. The monoisotopic (exact) mass is 305 g/mol. The lowest BCUT2D eigenvalue weighted by Crippen LogP contribution is -2.09. The summed E-state index contributed by atoms with van der Waals surface area (Å²) in [5.74, 6) is 0.225. The molecule has 1 atom stereocenters. The minimum atomic E-state index is -0.351. The van der Waals surface area contributed by atoms with E-state index >= 15 is 0 Å². The van der Waals surface area contributed by atoms with Gasteiger partial charge in [-0.15, -0.1) is 0 Å². The molecule has 1 unspecified atom stereocenters. The van der Waals surface area contributed by atoms with Crippen molar-refractivity contribution in [2.75, 3.05) is 11.1 Å². The van der Waals surface area contributed by atoms with Crippen molar-refractivity contribution in [3.63, 3.8) is 0 Å². The summed E-state index contributed by atoms with van der Waals surface area (Å²) in [6.07, 6.45) is 2.38. The number of alkyl halides is 1. The highest BCUT2D eigenvalue weighted by molar-refractivity contribution is 9.09. The molecular formula is C13H12BrN3O. The second-order valence-corrected chi connectivity index (χ2v) is 4.44. The number of carbonyl (C=O) groups is 1. The lowest BCUT2D eigenvalue weighted by atomic mass is 10.1. The molecule has 0 bridgehead atoms. The van der Waals surface area contributed by atoms with Crippen LogP contribution in [0, 0.1) is 0 Å². The molecule has 2 rings (SSSR count). The van der Waals surface area contributed by atoms with Gasteiger partial charge in [0.15, 0.2) is 5.82 Å². The number of hydrogen-bond acceptors (Lipinski definition) is 4. The maximum absolute atomic E-state index is 11.0. The number of nitrogens with two attached hydrogens (primary N) is 1. The second kappa shape index (κ2) is 5.73. The van der Waals surface area contributed by atoms with Crippen molar-refractivity contribution in [3.05, 3.63) is 42.2 Å². The van der Waals surface area contributed by atoms with Crippen LogP contribution in [0.2, 0.25) is 0 Å². The summed E-state index contributed by atoms with van der Waals surface area (Å²) < 4.78 is 0. The number of nitrogen functional groups attached to an aromatic ring is 1. The molecule has 0 saturated heterocycles. The Kier molecular flexibility index (Phi) is 4.04. The number of aldehydes is 1. The van der Waals surface area contributed by atoms with Gasteiger partial charge in [0.1, 0.15) is 6.29 Å². The molecule has 1 aromatic carbocycles. The number of rotatable bonds is 4. The Morgan fingerprint density at radius 2 is 2.06 bits per heavy atom. The lowest BCUT2D eigenvalue weighted by Gasteiger charge is -2.10. The number of carbonyl (C=O) groups excluding carboxylic acids is 1. The Morgan fingerprint density at radius 1 is 1.33 bits per heavy atom. The topological polar surface area (TPSA) is 68.9 Å². The highest BCUT2D eigenvalue weighted by atomic mass is 79.9. The van der Waals surface area contributed by atoms with Gasteiger partial charge in [0, 0.05) is 10.9 Å². The SMILES string of the molecule is Nc1cnc(-c2ccccc2)nc1C(C=O)CBr. The molecule has 0 radical (unpaired) electrons. The van der Waals surface area contributed by atoms with E-state index in [0.29, 0.717) is 22.5 Å². The quantitative estimate of drug-likeness (QED) is 0.695. The second-order valence-electron chi connectivity index (χ2n) is 3.80. The van der Waals surface area contributed by atoms with Gasteiger partial charge in [-0.3, -0.25) is 0 Å². The summed E-state index contributed by atoms with van der Waals surface area (Å²) in [7, 11) is 0. The number of anilines is 1. The minimum Gasteiger partial charge on any atom is -0.396 e. The summed E-state index contributed by atoms with van der Waals surface area (Å²) in [5, 5.41) is 0.492. The number of hydrogen-bond donors (Lipinski definition) is 1. The molecule has 0 amide bonds. The first-order chi connectivity index (χ1) is 8.76. The number of nitrogens with zero attached hydrogens (tertiary/aromatic N) is 2. The number of aromatic nitrogens is 2. The largest absolute Gasteiger partial charge is 0.396 e. The van der Waals surface area contributed by atoms with Crippen molar-refractivity contribution in [1.82, 2.24) is 9.97 Å². The molecule has 2 aromatic rings. The summed E-state index contributed by atoms with van der Waals surface area (Å²) >= 11 is 3.28. The van der Waals surface area contributed by atoms with Crippen LogP contribution in [-0.2, 0) is 4.79 Å². The highest BCUT2D eigenvalue weighted by Crippen LogP contribution is 2.23. The van der Waals surface area contributed by atoms with Crippen LogP contribution in [0.1, 0.15) is 11.6 Å². The van der Waals surface area contributed by atoms with E-state index in [1.807, 2.05) is 30.3 Å². The van der Waals surface area contributed by atoms with E-state index in [1.165, 1.54) is 0 Å². The fraction of sp³-hybridized carbons (Fsp3) is 0.154. The molecule has 0 aliphatic rings. The molecule has 2 N–H and O–H groups in total. The third kappa shape index (κ3) is 2.56. The van der Waals surface area contributed by atoms with Gasteiger partial charge in [-0.2, -0.15) is 0 Å². The first-order valence-corrected chi connectivity index (χ1v) is 6.57. The van der Waals surface area contributed by atoms with Crippen LogP contribution in [0.15, 0.2) is 36.5 Å². The minimum absolute atomic E-state index is 0.351. The van der Waals surface area contributed by atoms with Crippen LogP contribution in [0.4, 0.5) is 5.69 Å². The molecule has 0 spiro atoms. The summed E-state index contributed by atoms with van der Waals surface area (Å²) in [4.78, 5) is 19.6. The van der Waals surface area contributed by atoms with Crippen LogP contribution in [0.5, 0.6) is 0 Å². The molecule has 1 heterocycles. The standard InChI is InChI=1S/C13H12BrN3O/c14-6-10(8-18)12-11(15)7-16-13(17-12)9-4-2-1-3-5-9/h1-5,7-8,10H,6,15H2. The Labute approximate surface area is 113 Å². The molecule has 5 heteroatoms. The van der Waals surface area contributed by atoms with E-state index in [2.05, 4.69) is 25.9 Å². The molecule has 92 valence electrons. The van der Waals surface area contributed by atoms with Gasteiger partial charge in [0.2, 0.25) is 0 Å². The summed E-state index contributed by atoms with van der Waals surface area (Å²) in [6.45, 7) is 0. The summed E-state index contributed by atoms with van der Waals surface area (Å²) in [6, 6.07) is 9.58. The first kappa shape index (κ1) is 12.7. The van der Waals surface area contributed by atoms with Gasteiger partial charge in [-0.25, -0.2) is 9.97 Å². The van der Waals surface area contributed by atoms with E-state index in [1.54, 1.807) is 6.20 Å². The average molecular weight is 306 g/mol. The van der Waals surface area contributed by atoms with Gasteiger partial charge in [-0.05, 0) is 0 Å². The predicted molar refractivity (Wildman–Crippen MR) is 74.5 cm³/mol. The van der Waals surface area contributed by atoms with E-state index in [-0.39, 0.29) is 5.92 Å². The van der Waals surface area contributed by atoms with Crippen molar-refractivity contribution in [3.8, 4) is 11.4 Å². The van der Waals surface area contributed by atoms with E-state index in [4.69, 9.17) is 5.73 Å². The van der Waals surface area contributed by atoms with Gasteiger partial charge in [0.05, 0.1) is 23.5 Å². The molecule has 18 heavy (non-hydrogen) atoms. The van der Waals surface area contributed by atoms with Crippen LogP contribution < -0.4 is 5.73 Å². The molecule has 0 aliphatic heterocycles. The number of benzene rings is 1. The highest BCUT2D eigenvalue weighted by Gasteiger charge is 2.15. The van der Waals surface area contributed by atoms with Gasteiger partial charge in [-0.1, -0.05) is 46.3 Å². The summed E-state index contributed by atoms with van der Waals surface area (Å²) in [5.41, 5.74) is 7.72. The Bertz CT molecular complexity index is 545. The van der Waals surface area contributed by atoms with Crippen molar-refractivity contribution < 1.29 is 4.79 Å². The Balaban J connectivity index is 2.47. The zero-order chi connectivity index (χ0) is 13.0. The smallest absolute Gasteiger partial charge is 0.159 e. The third-order valence-corrected chi connectivity index (χ3v) is 3.26. The van der Waals surface area contributed by atoms with Crippen molar-refractivity contribution in [2.45, 2.75) is 5.92 Å². The number of halogens is 1. The molecule has 0 aliphatic carbocycles. The van der Waals surface area contributed by atoms with Crippen LogP contribution in [0.25, 0.3) is 11.4 Å². The molecule has 1 aromatic heterocycles. The van der Waals surface area contributed by atoms with Gasteiger partial charge >= 0.3 is 0 Å². The zero-order valence-electron chi connectivity index (χ0n) is 9.58. The van der Waals surface area contributed by atoms with Crippen LogP contribution in [-0.4, -0.2) is 21.6 Å². The van der Waals surface area contributed by atoms with Crippen molar-refractivity contribution in [1.29, 1.82) is 0 Å². The van der Waals surface area contributed by atoms with Crippen LogP contribution >= 0.6 is 15.9 Å². The molecule has 0 saturated carbocycles. The molecule has 0 fully saturated rings. The average Bonchev–Trinajstić information content (AvgIpc) is 2.43. The van der Waals surface area contributed by atoms with Crippen molar-refractivity contribution >= 4 is 27.9 Å². The van der Waals surface area contributed by atoms with E-state index in [9.17, 15) is 4.79 Å². The molecule has 4 nitrogen and oxygen atoms in total. The maximum Gasteiger partial charge on any atom is 0.159 e. The molecular weight excluding hydrogens is 294 g/mol. The fourth-order valence-electron chi connectivity index (χ4n) is 1.60. The first-order valence-electron chi connectivity index (χ1n) is 5.45. The van der Waals surface area contributed by atoms with E-state index < -0.39 is 0 Å². The third-order valence-electron chi connectivity index (χ3n) is 2.56.